The third-order valence-electron chi connectivity index (χ3n) is 6.38. The molecule has 1 saturated heterocycles. The van der Waals surface area contributed by atoms with Gasteiger partial charge in [0.1, 0.15) is 18.2 Å². The summed E-state index contributed by atoms with van der Waals surface area (Å²) in [7, 11) is 0. The van der Waals surface area contributed by atoms with Crippen molar-refractivity contribution in [3.05, 3.63) is 95.3 Å². The molecule has 3 aromatic carbocycles. The molecule has 1 amide bonds. The molecule has 0 spiro atoms. The molecule has 0 unspecified atom stereocenters. The van der Waals surface area contributed by atoms with E-state index in [4.69, 9.17) is 9.72 Å². The average molecular weight is 440 g/mol. The van der Waals surface area contributed by atoms with Gasteiger partial charge in [0.05, 0.1) is 17.6 Å². The molecule has 1 aromatic heterocycles. The molecule has 5 rings (SSSR count). The summed E-state index contributed by atoms with van der Waals surface area (Å²) in [5.41, 5.74) is 5.58. The number of hydrogen-bond donors (Lipinski definition) is 0. The van der Waals surface area contributed by atoms with Gasteiger partial charge in [-0.3, -0.25) is 4.79 Å². The van der Waals surface area contributed by atoms with Crippen molar-refractivity contribution in [1.82, 2.24) is 14.5 Å². The maximum absolute atomic E-state index is 12.8. The second kappa shape index (κ2) is 9.10. The van der Waals surface area contributed by atoms with Crippen LogP contribution in [0, 0.1) is 13.8 Å². The third kappa shape index (κ3) is 4.49. The summed E-state index contributed by atoms with van der Waals surface area (Å²) in [6.07, 6.45) is 0.494. The number of likely N-dealkylation sites (tertiary alicyclic amines) is 1. The molecule has 33 heavy (non-hydrogen) atoms. The Morgan fingerprint density at radius 1 is 1.00 bits per heavy atom. The fourth-order valence-electron chi connectivity index (χ4n) is 4.75. The van der Waals surface area contributed by atoms with E-state index in [1.165, 1.54) is 5.56 Å². The molecule has 0 bridgehead atoms. The van der Waals surface area contributed by atoms with Crippen LogP contribution < -0.4 is 4.74 Å². The number of amides is 1. The SMILES string of the molecule is Cc1ccc(OCCn2c([C@H]3CC(=O)N(Cc4ccccc4)C3)nc3ccccc32)c(C)c1. The molecule has 1 fully saturated rings. The summed E-state index contributed by atoms with van der Waals surface area (Å²) in [4.78, 5) is 19.7. The number of aromatic nitrogens is 2. The Balaban J connectivity index is 1.36. The second-order valence-electron chi connectivity index (χ2n) is 8.89. The fraction of sp³-hybridized carbons (Fsp3) is 0.286. The van der Waals surface area contributed by atoms with Gasteiger partial charge in [-0.2, -0.15) is 0 Å². The molecule has 4 aromatic rings. The van der Waals surface area contributed by atoms with Crippen molar-refractivity contribution in [3.8, 4) is 5.75 Å². The molecule has 0 aliphatic carbocycles. The van der Waals surface area contributed by atoms with E-state index in [9.17, 15) is 4.79 Å². The Bertz CT molecular complexity index is 1280. The standard InChI is InChI=1S/C28H29N3O2/c1-20-12-13-26(21(2)16-20)33-15-14-31-25-11-7-6-10-24(25)29-28(31)23-17-27(32)30(19-23)18-22-8-4-3-5-9-22/h3-13,16,23H,14-15,17-19H2,1-2H3/t23-/m0/s1. The Morgan fingerprint density at radius 3 is 2.61 bits per heavy atom. The number of hydrogen-bond acceptors (Lipinski definition) is 3. The van der Waals surface area contributed by atoms with Crippen LogP contribution in [0.3, 0.4) is 0 Å². The predicted octanol–water partition coefficient (Wildman–Crippen LogP) is 5.25. The molecule has 1 aliphatic rings. The van der Waals surface area contributed by atoms with E-state index in [2.05, 4.69) is 48.7 Å². The van der Waals surface area contributed by atoms with E-state index >= 15 is 0 Å². The summed E-state index contributed by atoms with van der Waals surface area (Å²) in [5.74, 6) is 2.16. The lowest BCUT2D eigenvalue weighted by atomic mass is 10.1. The lowest BCUT2D eigenvalue weighted by Crippen LogP contribution is -2.24. The Morgan fingerprint density at radius 2 is 1.79 bits per heavy atom. The van der Waals surface area contributed by atoms with Crippen molar-refractivity contribution in [2.24, 2.45) is 0 Å². The van der Waals surface area contributed by atoms with E-state index in [0.29, 0.717) is 32.7 Å². The van der Waals surface area contributed by atoms with Crippen LogP contribution in [0.4, 0.5) is 0 Å². The Kier molecular flexibility index (Phi) is 5.86. The van der Waals surface area contributed by atoms with E-state index < -0.39 is 0 Å². The molecule has 0 radical (unpaired) electrons. The van der Waals surface area contributed by atoms with Crippen molar-refractivity contribution in [3.63, 3.8) is 0 Å². The first-order chi connectivity index (χ1) is 16.1. The molecule has 1 aliphatic heterocycles. The van der Waals surface area contributed by atoms with Crippen LogP contribution in [0.2, 0.25) is 0 Å². The zero-order chi connectivity index (χ0) is 22.8. The van der Waals surface area contributed by atoms with Gasteiger partial charge in [-0.1, -0.05) is 60.2 Å². The Labute approximate surface area is 194 Å². The lowest BCUT2D eigenvalue weighted by Gasteiger charge is -2.18. The number of ether oxygens (including phenoxy) is 1. The summed E-state index contributed by atoms with van der Waals surface area (Å²) in [6.45, 7) is 6.73. The maximum Gasteiger partial charge on any atom is 0.223 e. The summed E-state index contributed by atoms with van der Waals surface area (Å²) >= 11 is 0. The zero-order valence-corrected chi connectivity index (χ0v) is 19.2. The van der Waals surface area contributed by atoms with Crippen molar-refractivity contribution in [1.29, 1.82) is 0 Å². The van der Waals surface area contributed by atoms with Crippen molar-refractivity contribution < 1.29 is 9.53 Å². The van der Waals surface area contributed by atoms with Gasteiger partial charge in [0.25, 0.3) is 0 Å². The van der Waals surface area contributed by atoms with Gasteiger partial charge >= 0.3 is 0 Å². The van der Waals surface area contributed by atoms with Gasteiger partial charge in [-0.15, -0.1) is 0 Å². The van der Waals surface area contributed by atoms with Crippen LogP contribution in [-0.4, -0.2) is 33.5 Å². The highest BCUT2D eigenvalue weighted by molar-refractivity contribution is 5.81. The highest BCUT2D eigenvalue weighted by atomic mass is 16.5. The quantitative estimate of drug-likeness (QED) is 0.395. The normalized spacial score (nSPS) is 16.0. The molecule has 1 atom stereocenters. The molecular weight excluding hydrogens is 410 g/mol. The number of benzene rings is 3. The monoisotopic (exact) mass is 439 g/mol. The minimum Gasteiger partial charge on any atom is -0.491 e. The first-order valence-electron chi connectivity index (χ1n) is 11.6. The summed E-state index contributed by atoms with van der Waals surface area (Å²) < 4.78 is 8.37. The summed E-state index contributed by atoms with van der Waals surface area (Å²) in [5, 5.41) is 0. The van der Waals surface area contributed by atoms with Gasteiger partial charge in [0.15, 0.2) is 0 Å². The molecule has 0 N–H and O–H groups in total. The van der Waals surface area contributed by atoms with Crippen molar-refractivity contribution in [2.75, 3.05) is 13.2 Å². The van der Waals surface area contributed by atoms with Crippen LogP contribution in [0.1, 0.15) is 34.9 Å². The number of aryl methyl sites for hydroxylation is 2. The molecule has 2 heterocycles. The van der Waals surface area contributed by atoms with Crippen LogP contribution in [0.25, 0.3) is 11.0 Å². The minimum absolute atomic E-state index is 0.0784. The van der Waals surface area contributed by atoms with Gasteiger partial charge < -0.3 is 14.2 Å². The predicted molar refractivity (Wildman–Crippen MR) is 130 cm³/mol. The average Bonchev–Trinajstić information content (AvgIpc) is 3.36. The first-order valence-corrected chi connectivity index (χ1v) is 11.6. The molecule has 0 saturated carbocycles. The largest absolute Gasteiger partial charge is 0.491 e. The minimum atomic E-state index is 0.0784. The van der Waals surface area contributed by atoms with E-state index in [0.717, 1.165) is 33.7 Å². The van der Waals surface area contributed by atoms with Gasteiger partial charge in [-0.05, 0) is 43.2 Å². The second-order valence-corrected chi connectivity index (χ2v) is 8.89. The number of para-hydroxylation sites is 2. The number of rotatable bonds is 7. The van der Waals surface area contributed by atoms with Gasteiger partial charge in [-0.25, -0.2) is 4.98 Å². The van der Waals surface area contributed by atoms with Crippen LogP contribution in [0.15, 0.2) is 72.8 Å². The molecule has 5 nitrogen and oxygen atoms in total. The molecular formula is C28H29N3O2. The third-order valence-corrected chi connectivity index (χ3v) is 6.38. The highest BCUT2D eigenvalue weighted by Gasteiger charge is 2.34. The smallest absolute Gasteiger partial charge is 0.223 e. The number of imidazole rings is 1. The fourth-order valence-corrected chi connectivity index (χ4v) is 4.75. The number of carbonyl (C=O) groups excluding carboxylic acids is 1. The van der Waals surface area contributed by atoms with E-state index in [-0.39, 0.29) is 11.8 Å². The first kappa shape index (κ1) is 21.3. The van der Waals surface area contributed by atoms with E-state index in [1.807, 2.05) is 47.4 Å². The van der Waals surface area contributed by atoms with Gasteiger partial charge in [0.2, 0.25) is 5.91 Å². The van der Waals surface area contributed by atoms with E-state index in [1.54, 1.807) is 0 Å². The lowest BCUT2D eigenvalue weighted by molar-refractivity contribution is -0.128. The van der Waals surface area contributed by atoms with Crippen molar-refractivity contribution in [2.45, 2.75) is 39.3 Å². The van der Waals surface area contributed by atoms with Gasteiger partial charge in [0, 0.05) is 25.4 Å². The highest BCUT2D eigenvalue weighted by Crippen LogP contribution is 2.31. The van der Waals surface area contributed by atoms with Crippen LogP contribution in [-0.2, 0) is 17.9 Å². The molecule has 5 heteroatoms. The maximum atomic E-state index is 12.8. The zero-order valence-electron chi connectivity index (χ0n) is 19.2. The Hall–Kier alpha value is -3.60. The number of carbonyl (C=O) groups is 1. The summed E-state index contributed by atoms with van der Waals surface area (Å²) in [6, 6.07) is 24.6. The number of nitrogens with zero attached hydrogens (tertiary/aromatic N) is 3. The number of fused-ring (bicyclic) bond motifs is 1. The molecule has 168 valence electrons. The van der Waals surface area contributed by atoms with Crippen LogP contribution >= 0.6 is 0 Å². The van der Waals surface area contributed by atoms with Crippen molar-refractivity contribution >= 4 is 16.9 Å². The topological polar surface area (TPSA) is 47.4 Å². The van der Waals surface area contributed by atoms with Crippen LogP contribution in [0.5, 0.6) is 5.75 Å².